The highest BCUT2D eigenvalue weighted by molar-refractivity contribution is 6.25. The van der Waals surface area contributed by atoms with Crippen molar-refractivity contribution in [3.05, 3.63) is 87.4 Å². The van der Waals surface area contributed by atoms with Crippen molar-refractivity contribution in [1.82, 2.24) is 0 Å². The van der Waals surface area contributed by atoms with Crippen LogP contribution in [0.3, 0.4) is 0 Å². The summed E-state index contributed by atoms with van der Waals surface area (Å²) in [6.07, 6.45) is -1.33. The summed E-state index contributed by atoms with van der Waals surface area (Å²) in [5.41, 5.74) is 0.0242. The molecule has 0 bridgehead atoms. The highest BCUT2D eigenvalue weighted by Crippen LogP contribution is 2.55. The van der Waals surface area contributed by atoms with E-state index in [0.29, 0.717) is 6.07 Å². The van der Waals surface area contributed by atoms with Gasteiger partial charge in [0.1, 0.15) is 34.5 Å². The Morgan fingerprint density at radius 3 is 2.46 bits per heavy atom. The molecule has 1 unspecified atom stereocenters. The van der Waals surface area contributed by atoms with Crippen molar-refractivity contribution in [2.45, 2.75) is 18.1 Å². The van der Waals surface area contributed by atoms with Gasteiger partial charge in [-0.15, -0.1) is 0 Å². The van der Waals surface area contributed by atoms with Gasteiger partial charge in [0.25, 0.3) is 5.91 Å². The van der Waals surface area contributed by atoms with E-state index < -0.39 is 87.5 Å². The van der Waals surface area contributed by atoms with Crippen LogP contribution in [-0.2, 0) is 9.59 Å². The zero-order chi connectivity index (χ0) is 27.0. The van der Waals surface area contributed by atoms with E-state index in [4.69, 9.17) is 5.73 Å². The Hall–Kier alpha value is -4.35. The van der Waals surface area contributed by atoms with Gasteiger partial charge in [0.15, 0.2) is 11.4 Å². The van der Waals surface area contributed by atoms with Crippen LogP contribution >= 0.6 is 0 Å². The van der Waals surface area contributed by atoms with Gasteiger partial charge in [-0.05, 0) is 35.4 Å². The standard InChI is InChI=1S/C26H19F2NO8/c27-10-5-4-9(14(28)7-10)6-12-11-2-1-3-15(30)17(11)22(33)20-18(12)21(32)13-8-16(31)19(25(29)36)23(34)26(13,37)24(20)35/h1-7,13,18,21,30-32,35,37H,8H2,(H2,29,36)/b12-6+/t13-,18-,21-,26?/m1/s1. The number of halogens is 2. The molecule has 2 aromatic carbocycles. The molecule has 1 amide bonds. The Bertz CT molecular complexity index is 1520. The van der Waals surface area contributed by atoms with Gasteiger partial charge in [0, 0.05) is 29.9 Å². The molecule has 0 fully saturated rings. The number of amides is 1. The van der Waals surface area contributed by atoms with E-state index in [1.807, 2.05) is 0 Å². The number of aliphatic hydroxyl groups excluding tert-OH is 3. The second-order valence-corrected chi connectivity index (χ2v) is 9.12. The van der Waals surface area contributed by atoms with E-state index in [0.717, 1.165) is 12.1 Å². The Kier molecular flexibility index (Phi) is 5.32. The first-order chi connectivity index (χ1) is 17.4. The summed E-state index contributed by atoms with van der Waals surface area (Å²) in [6, 6.07) is 6.64. The van der Waals surface area contributed by atoms with Gasteiger partial charge in [-0.3, -0.25) is 14.4 Å². The number of carbonyl (C=O) groups excluding carboxylic acids is 3. The van der Waals surface area contributed by atoms with Crippen LogP contribution in [0, 0.1) is 23.5 Å². The van der Waals surface area contributed by atoms with Gasteiger partial charge >= 0.3 is 0 Å². The van der Waals surface area contributed by atoms with Gasteiger partial charge in [-0.2, -0.15) is 0 Å². The number of phenols is 1. The number of aliphatic hydroxyl groups is 4. The van der Waals surface area contributed by atoms with Gasteiger partial charge in [-0.25, -0.2) is 8.78 Å². The van der Waals surface area contributed by atoms with Crippen LogP contribution in [0.2, 0.25) is 0 Å². The smallest absolute Gasteiger partial charge is 0.255 e. The van der Waals surface area contributed by atoms with Crippen molar-refractivity contribution in [1.29, 1.82) is 0 Å². The minimum Gasteiger partial charge on any atom is -0.511 e. The van der Waals surface area contributed by atoms with Crippen molar-refractivity contribution in [2.75, 3.05) is 0 Å². The van der Waals surface area contributed by atoms with E-state index in [1.165, 1.54) is 24.3 Å². The molecule has 7 N–H and O–H groups in total. The number of benzene rings is 2. The largest absolute Gasteiger partial charge is 0.511 e. The topological polar surface area (TPSA) is 178 Å². The number of nitrogens with two attached hydrogens (primary N) is 1. The van der Waals surface area contributed by atoms with Crippen molar-refractivity contribution in [3.63, 3.8) is 0 Å². The SMILES string of the molecule is NC(=O)C1=C(O)C[C@@H]2[C@@H](O)[C@H]3C(=C(O)C2(O)C1=O)C(=O)c1c(O)cccc1/C3=C\c1ccc(F)cc1F. The number of carbonyl (C=O) groups is 3. The first-order valence-corrected chi connectivity index (χ1v) is 11.0. The van der Waals surface area contributed by atoms with Gasteiger partial charge in [0.05, 0.1) is 17.2 Å². The maximum Gasteiger partial charge on any atom is 0.255 e. The van der Waals surface area contributed by atoms with Crippen LogP contribution in [0.4, 0.5) is 8.78 Å². The van der Waals surface area contributed by atoms with Crippen molar-refractivity contribution in [3.8, 4) is 5.75 Å². The Morgan fingerprint density at radius 2 is 1.81 bits per heavy atom. The second kappa shape index (κ2) is 8.08. The fraction of sp³-hybridized carbons (Fsp3) is 0.192. The zero-order valence-corrected chi connectivity index (χ0v) is 18.8. The number of hydrogen-bond donors (Lipinski definition) is 6. The van der Waals surface area contributed by atoms with Crippen LogP contribution in [0.1, 0.15) is 27.9 Å². The quantitative estimate of drug-likeness (QED) is 0.331. The third-order valence-corrected chi connectivity index (χ3v) is 7.17. The lowest BCUT2D eigenvalue weighted by Gasteiger charge is -2.49. The number of aromatic hydroxyl groups is 1. The molecule has 0 aliphatic heterocycles. The minimum atomic E-state index is -3.01. The first kappa shape index (κ1) is 24.3. The predicted molar refractivity (Wildman–Crippen MR) is 123 cm³/mol. The Balaban J connectivity index is 1.83. The molecule has 0 spiro atoms. The molecule has 0 radical (unpaired) electrons. The number of Topliss-reactive ketones (excluding diaryl/α,β-unsaturated/α-hetero) is 2. The lowest BCUT2D eigenvalue weighted by molar-refractivity contribution is -0.152. The van der Waals surface area contributed by atoms with E-state index in [-0.39, 0.29) is 22.3 Å². The predicted octanol–water partition coefficient (Wildman–Crippen LogP) is 1.83. The molecular formula is C26H19F2NO8. The fourth-order valence-corrected chi connectivity index (χ4v) is 5.47. The van der Waals surface area contributed by atoms with Crippen LogP contribution in [0.5, 0.6) is 5.75 Å². The molecule has 9 nitrogen and oxygen atoms in total. The summed E-state index contributed by atoms with van der Waals surface area (Å²) in [7, 11) is 0. The Morgan fingerprint density at radius 1 is 1.11 bits per heavy atom. The average Bonchev–Trinajstić information content (AvgIpc) is 2.82. The van der Waals surface area contributed by atoms with Crippen molar-refractivity contribution in [2.24, 2.45) is 17.6 Å². The molecule has 3 aliphatic carbocycles. The molecule has 11 heteroatoms. The first-order valence-electron chi connectivity index (χ1n) is 11.0. The summed E-state index contributed by atoms with van der Waals surface area (Å²) in [5.74, 6) is -11.5. The van der Waals surface area contributed by atoms with Gasteiger partial charge in [-0.1, -0.05) is 12.1 Å². The van der Waals surface area contributed by atoms with Crippen LogP contribution in [0.25, 0.3) is 11.6 Å². The van der Waals surface area contributed by atoms with E-state index >= 15 is 0 Å². The third-order valence-electron chi connectivity index (χ3n) is 7.17. The number of hydrogen-bond acceptors (Lipinski definition) is 8. The van der Waals surface area contributed by atoms with Crippen molar-refractivity contribution < 1.29 is 48.7 Å². The molecule has 3 aliphatic rings. The molecule has 0 saturated carbocycles. The molecular weight excluding hydrogens is 492 g/mol. The van der Waals surface area contributed by atoms with E-state index in [1.54, 1.807) is 0 Å². The average molecular weight is 511 g/mol. The maximum atomic E-state index is 14.6. The lowest BCUT2D eigenvalue weighted by Crippen LogP contribution is -2.62. The fourth-order valence-electron chi connectivity index (χ4n) is 5.47. The number of primary amides is 1. The van der Waals surface area contributed by atoms with E-state index in [2.05, 4.69) is 0 Å². The highest BCUT2D eigenvalue weighted by atomic mass is 19.1. The Labute approximate surface area is 207 Å². The molecule has 4 atom stereocenters. The van der Waals surface area contributed by atoms with Crippen molar-refractivity contribution >= 4 is 29.1 Å². The normalized spacial score (nSPS) is 28.2. The highest BCUT2D eigenvalue weighted by Gasteiger charge is 2.63. The maximum absolute atomic E-state index is 14.6. The number of phenolic OH excluding ortho intramolecular Hbond substituents is 1. The molecule has 0 aromatic heterocycles. The van der Waals surface area contributed by atoms with Gasteiger partial charge in [0.2, 0.25) is 5.78 Å². The molecule has 5 rings (SSSR count). The summed E-state index contributed by atoms with van der Waals surface area (Å²) < 4.78 is 28.1. The summed E-state index contributed by atoms with van der Waals surface area (Å²) in [5, 5.41) is 54.7. The van der Waals surface area contributed by atoms with Gasteiger partial charge < -0.3 is 31.3 Å². The molecule has 2 aromatic rings. The van der Waals surface area contributed by atoms with Crippen LogP contribution in [-0.4, -0.2) is 54.7 Å². The third kappa shape index (κ3) is 3.24. The molecule has 0 saturated heterocycles. The van der Waals surface area contributed by atoms with E-state index in [9.17, 15) is 48.7 Å². The zero-order valence-electron chi connectivity index (χ0n) is 18.8. The van der Waals surface area contributed by atoms with Crippen LogP contribution in [0.15, 0.2) is 59.1 Å². The molecule has 0 heterocycles. The number of ketones is 2. The molecule has 190 valence electrons. The second-order valence-electron chi connectivity index (χ2n) is 9.12. The monoisotopic (exact) mass is 511 g/mol. The lowest BCUT2D eigenvalue weighted by atomic mass is 9.57. The number of allylic oxidation sites excluding steroid dienone is 1. The molecule has 37 heavy (non-hydrogen) atoms. The summed E-state index contributed by atoms with van der Waals surface area (Å²) in [4.78, 5) is 38.4. The summed E-state index contributed by atoms with van der Waals surface area (Å²) >= 11 is 0. The number of rotatable bonds is 2. The minimum absolute atomic E-state index is 0.00345. The number of fused-ring (bicyclic) bond motifs is 3. The van der Waals surface area contributed by atoms with Crippen LogP contribution < -0.4 is 5.73 Å². The summed E-state index contributed by atoms with van der Waals surface area (Å²) in [6.45, 7) is 0.